The molecule has 0 bridgehead atoms. The van der Waals surface area contributed by atoms with E-state index in [1.165, 1.54) is 0 Å². The molecule has 116 valence electrons. The van der Waals surface area contributed by atoms with Crippen molar-refractivity contribution < 1.29 is 0 Å². The Morgan fingerprint density at radius 2 is 1.24 bits per heavy atom. The van der Waals surface area contributed by atoms with Crippen molar-refractivity contribution in [3.8, 4) is 0 Å². The molecule has 0 aliphatic carbocycles. The van der Waals surface area contributed by atoms with E-state index in [9.17, 15) is 0 Å². The average molecular weight is 344 g/mol. The zero-order valence-electron chi connectivity index (χ0n) is 13.0. The van der Waals surface area contributed by atoms with E-state index in [-0.39, 0.29) is 0 Å². The van der Waals surface area contributed by atoms with Gasteiger partial charge in [-0.2, -0.15) is 0 Å². The van der Waals surface area contributed by atoms with Crippen LogP contribution in [0.4, 0.5) is 0 Å². The summed E-state index contributed by atoms with van der Waals surface area (Å²) in [6.45, 7) is 11.7. The smallest absolute Gasteiger partial charge is 0.112 e. The van der Waals surface area contributed by atoms with E-state index in [0.717, 1.165) is 47.3 Å². The number of pyridine rings is 1. The number of nitrogens with zero attached hydrogens (tertiary/aromatic N) is 3. The van der Waals surface area contributed by atoms with Crippen LogP contribution >= 0.6 is 36.0 Å². The van der Waals surface area contributed by atoms with Gasteiger partial charge >= 0.3 is 0 Å². The number of hydrogen-bond donors (Lipinski definition) is 0. The molecule has 1 aromatic rings. The Balaban J connectivity index is 3.20. The van der Waals surface area contributed by atoms with Crippen LogP contribution in [0.15, 0.2) is 12.4 Å². The van der Waals surface area contributed by atoms with Gasteiger partial charge in [-0.05, 0) is 27.7 Å². The maximum absolute atomic E-state index is 6.55. The lowest BCUT2D eigenvalue weighted by atomic mass is 10.1. The molecule has 1 rings (SSSR count). The van der Waals surface area contributed by atoms with Crippen LogP contribution in [-0.4, -0.2) is 50.9 Å². The standard InChI is InChI=1S/C15H22ClN3S2/c1-5-18(6-2)14(20)11-9-17-10-12(13(11)16)15(21)19(7-3)8-4/h9-10H,5-8H2,1-4H3. The first-order valence-electron chi connectivity index (χ1n) is 7.23. The van der Waals surface area contributed by atoms with Crippen molar-refractivity contribution in [1.29, 1.82) is 0 Å². The van der Waals surface area contributed by atoms with Crippen LogP contribution in [0.5, 0.6) is 0 Å². The van der Waals surface area contributed by atoms with Crippen LogP contribution < -0.4 is 0 Å². The lowest BCUT2D eigenvalue weighted by Crippen LogP contribution is -2.32. The van der Waals surface area contributed by atoms with E-state index in [1.807, 2.05) is 0 Å². The highest BCUT2D eigenvalue weighted by molar-refractivity contribution is 7.81. The van der Waals surface area contributed by atoms with Crippen molar-refractivity contribution in [2.45, 2.75) is 27.7 Å². The largest absolute Gasteiger partial charge is 0.363 e. The van der Waals surface area contributed by atoms with Crippen molar-refractivity contribution in [1.82, 2.24) is 14.8 Å². The molecule has 0 atom stereocenters. The van der Waals surface area contributed by atoms with Gasteiger partial charge in [0.1, 0.15) is 9.98 Å². The van der Waals surface area contributed by atoms with Crippen LogP contribution in [0.1, 0.15) is 38.8 Å². The summed E-state index contributed by atoms with van der Waals surface area (Å²) in [5.41, 5.74) is 1.56. The zero-order chi connectivity index (χ0) is 16.0. The molecule has 6 heteroatoms. The van der Waals surface area contributed by atoms with Gasteiger partial charge in [-0.25, -0.2) is 0 Å². The van der Waals surface area contributed by atoms with Gasteiger partial charge in [0.05, 0.1) is 5.02 Å². The van der Waals surface area contributed by atoms with Gasteiger partial charge in [0.2, 0.25) is 0 Å². The summed E-state index contributed by atoms with van der Waals surface area (Å²) < 4.78 is 0. The van der Waals surface area contributed by atoms with Crippen LogP contribution in [0.2, 0.25) is 5.02 Å². The molecule has 0 fully saturated rings. The van der Waals surface area contributed by atoms with Gasteiger partial charge in [0.15, 0.2) is 0 Å². The Hall–Kier alpha value is -0.780. The SMILES string of the molecule is CCN(CC)C(=S)c1cncc(C(=S)N(CC)CC)c1Cl. The van der Waals surface area contributed by atoms with Crippen LogP contribution in [0, 0.1) is 0 Å². The van der Waals surface area contributed by atoms with Gasteiger partial charge in [-0.3, -0.25) is 4.98 Å². The highest BCUT2D eigenvalue weighted by Crippen LogP contribution is 2.24. The van der Waals surface area contributed by atoms with Crippen molar-refractivity contribution in [2.75, 3.05) is 26.2 Å². The highest BCUT2D eigenvalue weighted by Gasteiger charge is 2.19. The number of halogens is 1. The first-order valence-corrected chi connectivity index (χ1v) is 8.43. The molecule has 0 saturated heterocycles. The second kappa shape index (κ2) is 8.61. The predicted octanol–water partition coefficient (Wildman–Crippen LogP) is 3.77. The zero-order valence-corrected chi connectivity index (χ0v) is 15.4. The Kier molecular flexibility index (Phi) is 7.49. The van der Waals surface area contributed by atoms with Gasteiger partial charge in [-0.15, -0.1) is 0 Å². The Labute approximate surface area is 143 Å². The first-order chi connectivity index (χ1) is 10.0. The highest BCUT2D eigenvalue weighted by atomic mass is 35.5. The molecule has 0 unspecified atom stereocenters. The molecule has 1 aromatic heterocycles. The van der Waals surface area contributed by atoms with Crippen molar-refractivity contribution in [3.63, 3.8) is 0 Å². The van der Waals surface area contributed by atoms with Crippen molar-refractivity contribution >= 4 is 46.0 Å². The first kappa shape index (κ1) is 18.3. The van der Waals surface area contributed by atoms with Gasteiger partial charge in [0.25, 0.3) is 0 Å². The predicted molar refractivity (Wildman–Crippen MR) is 98.5 cm³/mol. The maximum Gasteiger partial charge on any atom is 0.112 e. The molecule has 0 aromatic carbocycles. The van der Waals surface area contributed by atoms with Gasteiger partial charge in [-0.1, -0.05) is 36.0 Å². The molecule has 21 heavy (non-hydrogen) atoms. The fourth-order valence-corrected chi connectivity index (χ4v) is 3.32. The second-order valence-corrected chi connectivity index (χ2v) is 5.65. The topological polar surface area (TPSA) is 19.4 Å². The summed E-state index contributed by atoms with van der Waals surface area (Å²) in [6, 6.07) is 0. The molecular formula is C15H22ClN3S2. The van der Waals surface area contributed by atoms with E-state index in [2.05, 4.69) is 42.5 Å². The number of rotatable bonds is 6. The van der Waals surface area contributed by atoms with Gasteiger partial charge < -0.3 is 9.80 Å². The summed E-state index contributed by atoms with van der Waals surface area (Å²) >= 11 is 17.6. The van der Waals surface area contributed by atoms with E-state index < -0.39 is 0 Å². The Morgan fingerprint density at radius 1 is 0.905 bits per heavy atom. The summed E-state index contributed by atoms with van der Waals surface area (Å²) in [5, 5.41) is 0.596. The minimum absolute atomic E-state index is 0.596. The third kappa shape index (κ3) is 4.11. The number of thiocarbonyl (C=S) groups is 2. The lowest BCUT2D eigenvalue weighted by molar-refractivity contribution is 0.473. The summed E-state index contributed by atoms with van der Waals surface area (Å²) in [6.07, 6.45) is 3.44. The molecule has 0 aliphatic heterocycles. The van der Waals surface area contributed by atoms with Crippen LogP contribution in [0.25, 0.3) is 0 Å². The molecule has 0 spiro atoms. The minimum Gasteiger partial charge on any atom is -0.363 e. The molecule has 0 amide bonds. The fourth-order valence-electron chi connectivity index (χ4n) is 2.11. The molecule has 0 aliphatic rings. The monoisotopic (exact) mass is 343 g/mol. The van der Waals surface area contributed by atoms with Gasteiger partial charge in [0, 0.05) is 49.7 Å². The lowest BCUT2D eigenvalue weighted by Gasteiger charge is -2.25. The number of hydrogen-bond acceptors (Lipinski definition) is 3. The summed E-state index contributed by atoms with van der Waals surface area (Å²) in [7, 11) is 0. The average Bonchev–Trinajstić information content (AvgIpc) is 2.49. The third-order valence-corrected chi connectivity index (χ3v) is 4.81. The fraction of sp³-hybridized carbons (Fsp3) is 0.533. The Bertz CT molecular complexity index is 469. The van der Waals surface area contributed by atoms with Crippen molar-refractivity contribution in [2.24, 2.45) is 0 Å². The Morgan fingerprint density at radius 3 is 1.52 bits per heavy atom. The molecule has 1 heterocycles. The van der Waals surface area contributed by atoms with E-state index >= 15 is 0 Å². The molecule has 3 nitrogen and oxygen atoms in total. The maximum atomic E-state index is 6.55. The molecule has 0 N–H and O–H groups in total. The molecular weight excluding hydrogens is 322 g/mol. The van der Waals surface area contributed by atoms with E-state index in [1.54, 1.807) is 12.4 Å². The van der Waals surface area contributed by atoms with Crippen molar-refractivity contribution in [3.05, 3.63) is 28.5 Å². The van der Waals surface area contributed by atoms with Crippen LogP contribution in [-0.2, 0) is 0 Å². The molecule has 0 radical (unpaired) electrons. The second-order valence-electron chi connectivity index (χ2n) is 4.50. The summed E-state index contributed by atoms with van der Waals surface area (Å²) in [4.78, 5) is 9.90. The van der Waals surface area contributed by atoms with Crippen LogP contribution in [0.3, 0.4) is 0 Å². The minimum atomic E-state index is 0.596. The quantitative estimate of drug-likeness (QED) is 0.730. The molecule has 0 saturated carbocycles. The number of aromatic nitrogens is 1. The van der Waals surface area contributed by atoms with E-state index in [0.29, 0.717) is 5.02 Å². The summed E-state index contributed by atoms with van der Waals surface area (Å²) in [5.74, 6) is 0. The normalized spacial score (nSPS) is 10.3. The third-order valence-electron chi connectivity index (χ3n) is 3.44. The van der Waals surface area contributed by atoms with E-state index in [4.69, 9.17) is 36.0 Å².